The summed E-state index contributed by atoms with van der Waals surface area (Å²) < 4.78 is 8.55. The van der Waals surface area contributed by atoms with Crippen molar-refractivity contribution in [1.29, 1.82) is 0 Å². The van der Waals surface area contributed by atoms with E-state index in [1.165, 1.54) is 0 Å². The quantitative estimate of drug-likeness (QED) is 0.0628. The van der Waals surface area contributed by atoms with Crippen molar-refractivity contribution in [2.75, 3.05) is 80.6 Å². The second-order valence-corrected chi connectivity index (χ2v) is 7.11. The first kappa shape index (κ1) is 37.4. The molecule has 6 N–H and O–H groups in total. The lowest BCUT2D eigenvalue weighted by Crippen LogP contribution is -3.10. The van der Waals surface area contributed by atoms with Gasteiger partial charge in [0.15, 0.2) is 0 Å². The number of likely N-dealkylation sites (N-methyl/N-ethyl adjacent to an activating group) is 3. The molecule has 0 saturated carbocycles. The molecule has 0 aliphatic carbocycles. The maximum atomic E-state index is 9.79. The van der Waals surface area contributed by atoms with E-state index in [0.717, 1.165) is 0 Å². The van der Waals surface area contributed by atoms with E-state index in [1.54, 1.807) is 21.1 Å². The number of rotatable bonds is 12. The molecule has 19 nitrogen and oxygen atoms in total. The molecule has 0 aromatic carbocycles. The van der Waals surface area contributed by atoms with Gasteiger partial charge in [0.25, 0.3) is 0 Å². The number of aliphatic hydroxyl groups excluding tert-OH is 3. The van der Waals surface area contributed by atoms with E-state index in [4.69, 9.17) is 34.6 Å². The third kappa shape index (κ3) is 56.6. The van der Waals surface area contributed by atoms with Crippen molar-refractivity contribution in [3.8, 4) is 0 Å². The lowest BCUT2D eigenvalue weighted by molar-refractivity contribution is -0.955. The first-order valence-corrected chi connectivity index (χ1v) is 10.3. The van der Waals surface area contributed by atoms with E-state index < -0.39 is 22.6 Å². The monoisotopic (exact) mass is 500 g/mol. The summed E-state index contributed by atoms with van der Waals surface area (Å²) in [4.78, 5) is 55.9. The Balaban J connectivity index is -0.000000167. The van der Waals surface area contributed by atoms with Gasteiger partial charge in [0, 0.05) is 0 Å². The highest BCUT2D eigenvalue weighted by molar-refractivity contribution is 7.40. The SMILES string of the molecule is C[NH+](CCO)C[N+](=O)[O-].C[NH+](CCO)C[N+](=O)[O-].C[NH+](CCO)C[N+](=O)[O-].O=P([O-])([O-])[O-]. The highest BCUT2D eigenvalue weighted by Gasteiger charge is 2.06. The van der Waals surface area contributed by atoms with E-state index in [-0.39, 0.29) is 39.8 Å². The second kappa shape index (κ2) is 23.7. The van der Waals surface area contributed by atoms with Crippen LogP contribution >= 0.6 is 7.82 Å². The van der Waals surface area contributed by atoms with Gasteiger partial charge < -0.3 is 34.6 Å². The van der Waals surface area contributed by atoms with Crippen molar-refractivity contribution >= 4 is 7.82 Å². The van der Waals surface area contributed by atoms with Gasteiger partial charge in [0.1, 0.15) is 19.6 Å². The number of quaternary nitrogens is 3. The maximum Gasteiger partial charge on any atom is 0.326 e. The molecule has 3 atom stereocenters. The number of hydrogen-bond donors (Lipinski definition) is 6. The van der Waals surface area contributed by atoms with E-state index in [2.05, 4.69) is 0 Å². The van der Waals surface area contributed by atoms with Gasteiger partial charge in [0.05, 0.1) is 55.7 Å². The molecule has 0 radical (unpaired) electrons. The van der Waals surface area contributed by atoms with Crippen molar-refractivity contribution in [3.05, 3.63) is 30.3 Å². The summed E-state index contributed by atoms with van der Waals surface area (Å²) in [6.45, 7) is 0.920. The Morgan fingerprint density at radius 2 is 0.781 bits per heavy atom. The minimum atomic E-state index is -5.39. The van der Waals surface area contributed by atoms with E-state index in [0.29, 0.717) is 34.3 Å². The Bertz CT molecular complexity index is 472. The highest BCUT2D eigenvalue weighted by Crippen LogP contribution is 2.03. The van der Waals surface area contributed by atoms with Crippen LogP contribution in [0.5, 0.6) is 0 Å². The minimum Gasteiger partial charge on any atom is -0.822 e. The van der Waals surface area contributed by atoms with Crippen LogP contribution in [-0.4, -0.2) is 111 Å². The van der Waals surface area contributed by atoms with Gasteiger partial charge in [-0.1, -0.05) is 0 Å². The fourth-order valence-corrected chi connectivity index (χ4v) is 1.47. The fraction of sp³-hybridized carbons (Fsp3) is 1.00. The molecule has 0 rings (SSSR count). The van der Waals surface area contributed by atoms with Crippen LogP contribution in [0.25, 0.3) is 0 Å². The van der Waals surface area contributed by atoms with Crippen molar-refractivity contribution in [2.24, 2.45) is 0 Å². The van der Waals surface area contributed by atoms with Crippen LogP contribution in [0.3, 0.4) is 0 Å². The zero-order valence-electron chi connectivity index (χ0n) is 18.1. The fourth-order valence-electron chi connectivity index (χ4n) is 1.47. The van der Waals surface area contributed by atoms with Crippen LogP contribution in [0.1, 0.15) is 0 Å². The molecule has 3 unspecified atom stereocenters. The molecule has 0 fully saturated rings. The molecular weight excluding hydrogens is 467 g/mol. The van der Waals surface area contributed by atoms with Gasteiger partial charge in [-0.3, -0.25) is 45.0 Å². The zero-order valence-corrected chi connectivity index (χ0v) is 19.0. The van der Waals surface area contributed by atoms with E-state index in [9.17, 15) is 30.3 Å². The third-order valence-corrected chi connectivity index (χ3v) is 2.81. The molecule has 0 bridgehead atoms. The summed E-state index contributed by atoms with van der Waals surface area (Å²) in [5.41, 5.74) is 0. The van der Waals surface area contributed by atoms with Gasteiger partial charge in [-0.05, 0) is 0 Å². The van der Waals surface area contributed by atoms with Gasteiger partial charge in [-0.2, -0.15) is 7.82 Å². The molecule has 0 spiro atoms. The van der Waals surface area contributed by atoms with Crippen LogP contribution < -0.4 is 29.4 Å². The molecule has 0 saturated heterocycles. The molecule has 0 amide bonds. The van der Waals surface area contributed by atoms with Gasteiger partial charge in [0.2, 0.25) is 0 Å². The molecule has 0 aliphatic rings. The van der Waals surface area contributed by atoms with Crippen LogP contribution in [-0.2, 0) is 4.57 Å². The molecular formula is C12H33N6O13P. The normalized spacial score (nSPS) is 12.9. The smallest absolute Gasteiger partial charge is 0.326 e. The average molecular weight is 500 g/mol. The van der Waals surface area contributed by atoms with E-state index >= 15 is 0 Å². The summed E-state index contributed by atoms with van der Waals surface area (Å²) in [5.74, 6) is 0. The Morgan fingerprint density at radius 3 is 0.875 bits per heavy atom. The summed E-state index contributed by atoms with van der Waals surface area (Å²) in [6.07, 6.45) is 0. The number of nitrogens with zero attached hydrogens (tertiary/aromatic N) is 3. The first-order valence-electron chi connectivity index (χ1n) is 8.84. The minimum absolute atomic E-state index is 0.000324. The second-order valence-electron chi connectivity index (χ2n) is 6.21. The Kier molecular flexibility index (Phi) is 27.7. The van der Waals surface area contributed by atoms with Gasteiger partial charge in [-0.25, -0.2) is 0 Å². The first-order chi connectivity index (χ1) is 14.5. The largest absolute Gasteiger partial charge is 0.822 e. The Morgan fingerprint density at radius 1 is 0.625 bits per heavy atom. The van der Waals surface area contributed by atoms with Crippen molar-refractivity contribution in [1.82, 2.24) is 0 Å². The lowest BCUT2D eigenvalue weighted by atomic mass is 10.6. The average Bonchev–Trinajstić information content (AvgIpc) is 2.52. The number of aliphatic hydroxyl groups is 3. The molecule has 0 aliphatic heterocycles. The summed E-state index contributed by atoms with van der Waals surface area (Å²) in [7, 11) is -0.392. The van der Waals surface area contributed by atoms with Crippen LogP contribution in [0.15, 0.2) is 0 Å². The standard InChI is InChI=1S/3C4H10N2O3.H3O4P/c3*1-5(2-3-7)4-6(8)9;1-5(2,3)4/h3*7H,2-4H2,1H3;(H3,1,2,3,4). The molecule has 32 heavy (non-hydrogen) atoms. The van der Waals surface area contributed by atoms with Crippen molar-refractivity contribution in [3.63, 3.8) is 0 Å². The number of nitro groups is 3. The number of phosphoric acid groups is 1. The third-order valence-electron chi connectivity index (χ3n) is 2.81. The zero-order chi connectivity index (χ0) is 26.3. The van der Waals surface area contributed by atoms with Crippen LogP contribution in [0.2, 0.25) is 0 Å². The predicted octanol–water partition coefficient (Wildman–Crippen LogP) is -9.64. The van der Waals surface area contributed by atoms with Crippen LogP contribution in [0, 0.1) is 30.3 Å². The predicted molar refractivity (Wildman–Crippen MR) is 99.7 cm³/mol. The molecule has 0 heterocycles. The summed E-state index contributed by atoms with van der Waals surface area (Å²) in [6, 6.07) is 0. The lowest BCUT2D eigenvalue weighted by Gasteiger charge is -2.36. The summed E-state index contributed by atoms with van der Waals surface area (Å²) in [5, 5.41) is 54.3. The van der Waals surface area contributed by atoms with Crippen molar-refractivity contribution in [2.45, 2.75) is 0 Å². The molecule has 0 aromatic rings. The van der Waals surface area contributed by atoms with Crippen LogP contribution in [0.4, 0.5) is 0 Å². The number of nitrogens with one attached hydrogen (secondary N) is 3. The summed E-state index contributed by atoms with van der Waals surface area (Å²) >= 11 is 0. The van der Waals surface area contributed by atoms with Crippen molar-refractivity contribution < 1.29 is 64.0 Å². The molecule has 194 valence electrons. The molecule has 20 heteroatoms. The van der Waals surface area contributed by atoms with Gasteiger partial charge >= 0.3 is 20.0 Å². The Hall–Kier alpha value is -1.93. The topological polar surface area (TPSA) is 290 Å². The highest BCUT2D eigenvalue weighted by atomic mass is 31.2. The number of hydrogen-bond acceptors (Lipinski definition) is 13. The Labute approximate surface area is 183 Å². The van der Waals surface area contributed by atoms with Gasteiger partial charge in [-0.15, -0.1) is 0 Å². The van der Waals surface area contributed by atoms with E-state index in [1.807, 2.05) is 0 Å². The maximum absolute atomic E-state index is 9.79. The molecule has 0 aromatic heterocycles.